The molecule has 0 aliphatic rings. The molecule has 0 radical (unpaired) electrons. The van der Waals surface area contributed by atoms with Gasteiger partial charge in [-0.3, -0.25) is 0 Å². The van der Waals surface area contributed by atoms with Crippen LogP contribution in [-0.4, -0.2) is 49.3 Å². The summed E-state index contributed by atoms with van der Waals surface area (Å²) in [4.78, 5) is 0. The molecule has 0 aromatic rings. The van der Waals surface area contributed by atoms with Crippen LogP contribution in [0.3, 0.4) is 0 Å². The summed E-state index contributed by atoms with van der Waals surface area (Å²) in [6.45, 7) is 0. The Kier molecular flexibility index (Phi) is 101000. The van der Waals surface area contributed by atoms with Crippen LogP contribution in [0.2, 0.25) is 0 Å². The van der Waals surface area contributed by atoms with Crippen LogP contribution in [0.15, 0.2) is 0 Å². The van der Waals surface area contributed by atoms with Crippen molar-refractivity contribution in [2.75, 3.05) is 0 Å². The third-order valence-electron chi connectivity index (χ3n) is 0. The number of rotatable bonds is 0. The van der Waals surface area contributed by atoms with Crippen LogP contribution in [0.4, 0.5) is 0 Å². The predicted molar refractivity (Wildman–Crippen MR) is 32.5 cm³/mol. The van der Waals surface area contributed by atoms with Crippen LogP contribution < -0.4 is 0 Å². The van der Waals surface area contributed by atoms with E-state index in [1.54, 1.807) is 0 Å². The first kappa shape index (κ1) is 1170. The van der Waals surface area contributed by atoms with E-state index in [0.717, 1.165) is 0 Å². The van der Waals surface area contributed by atoms with Gasteiger partial charge in [0.05, 0.1) is 0 Å². The smallest absolute Gasteiger partial charge is 0.412 e. The average molecular weight is 394 g/mol. The molecule has 72 valence electrons. The fourth-order valence-electron chi connectivity index (χ4n) is 0. The topological polar surface area (TPSA) is 284 Å². The predicted octanol–water partition coefficient (Wildman–Crippen LogP) is -7.42. The monoisotopic (exact) mass is 394 g/mol. The van der Waals surface area contributed by atoms with E-state index in [9.17, 15) is 0 Å². The summed E-state index contributed by atoms with van der Waals surface area (Å²) in [5, 5.41) is 0. The van der Waals surface area contributed by atoms with Gasteiger partial charge in [0, 0.05) is 0 Å². The van der Waals surface area contributed by atoms with Gasteiger partial charge in [0.1, 0.15) is 0 Å². The van der Waals surface area contributed by atoms with Gasteiger partial charge >= 0.3 is 39.9 Å². The minimum atomic E-state index is 0. The summed E-state index contributed by atoms with van der Waals surface area (Å²) < 4.78 is 0. The van der Waals surface area contributed by atoms with E-state index in [2.05, 4.69) is 0 Å². The van der Waals surface area contributed by atoms with Crippen LogP contribution in [-0.2, 0) is 0 Å². The second-order valence-electron chi connectivity index (χ2n) is 0. The van der Waals surface area contributed by atoms with Crippen molar-refractivity contribution in [3.05, 3.63) is 0 Å². The van der Waals surface area contributed by atoms with Crippen molar-refractivity contribution in [1.29, 1.82) is 0 Å². The molecular formula is H18O9Th+4. The molecular weight excluding hydrogens is 376 g/mol. The normalized spacial score (nSPS) is 0. The van der Waals surface area contributed by atoms with Gasteiger partial charge in [0.25, 0.3) is 0 Å². The van der Waals surface area contributed by atoms with Crippen LogP contribution in [0, 0.1) is 39.9 Å². The van der Waals surface area contributed by atoms with Crippen molar-refractivity contribution in [3.63, 3.8) is 0 Å². The Bertz CT molecular complexity index is 4.69. The van der Waals surface area contributed by atoms with Crippen molar-refractivity contribution in [1.82, 2.24) is 0 Å². The maximum absolute atomic E-state index is 0. The van der Waals surface area contributed by atoms with Gasteiger partial charge in [-0.1, -0.05) is 0 Å². The van der Waals surface area contributed by atoms with Crippen LogP contribution in [0.5, 0.6) is 0 Å². The van der Waals surface area contributed by atoms with E-state index in [0.29, 0.717) is 0 Å². The largest absolute Gasteiger partial charge is 4.00 e. The van der Waals surface area contributed by atoms with Crippen molar-refractivity contribution in [3.8, 4) is 0 Å². The van der Waals surface area contributed by atoms with E-state index >= 15 is 0 Å². The van der Waals surface area contributed by atoms with Crippen molar-refractivity contribution >= 4 is 0 Å². The van der Waals surface area contributed by atoms with Gasteiger partial charge in [0.15, 0.2) is 0 Å². The van der Waals surface area contributed by atoms with Gasteiger partial charge in [-0.05, 0) is 0 Å². The van der Waals surface area contributed by atoms with E-state index in [1.807, 2.05) is 0 Å². The average Bonchev–Trinajstić information content (AvgIpc) is 0. The third kappa shape index (κ3) is 611. The molecule has 0 rings (SSSR count). The molecule has 0 saturated carbocycles. The maximum atomic E-state index is 0. The Labute approximate surface area is 88.9 Å². The van der Waals surface area contributed by atoms with Crippen molar-refractivity contribution in [2.45, 2.75) is 0 Å². The zero-order valence-electron chi connectivity index (χ0n) is 5.00. The molecule has 0 saturated heterocycles. The first-order chi connectivity index (χ1) is 0. The Balaban J connectivity index is 0. The van der Waals surface area contributed by atoms with E-state index in [1.165, 1.54) is 0 Å². The molecule has 10 heteroatoms. The van der Waals surface area contributed by atoms with Gasteiger partial charge in [-0.2, -0.15) is 0 Å². The second-order valence-corrected chi connectivity index (χ2v) is 0. The summed E-state index contributed by atoms with van der Waals surface area (Å²) in [5.74, 6) is 0. The standard InChI is InChI=1S/9H2O.Th/h9*1H2;/q;;;;;;;;;+4. The zero-order valence-corrected chi connectivity index (χ0v) is 9.11. The Hall–Kier alpha value is 0.965. The quantitative estimate of drug-likeness (QED) is 0.370. The van der Waals surface area contributed by atoms with E-state index in [4.69, 9.17) is 0 Å². The SMILES string of the molecule is O.O.O.O.O.O.O.O.O.[Th+4]. The molecule has 0 aromatic carbocycles. The Morgan fingerprint density at radius 2 is 0.200 bits per heavy atom. The van der Waals surface area contributed by atoms with E-state index < -0.39 is 0 Å². The van der Waals surface area contributed by atoms with Crippen molar-refractivity contribution < 1.29 is 89.2 Å². The van der Waals surface area contributed by atoms with Crippen LogP contribution >= 0.6 is 0 Å². The fourth-order valence-corrected chi connectivity index (χ4v) is 0. The minimum absolute atomic E-state index is 0. The first-order valence-corrected chi connectivity index (χ1v) is 0. The van der Waals surface area contributed by atoms with Gasteiger partial charge < -0.3 is 49.3 Å². The van der Waals surface area contributed by atoms with Crippen molar-refractivity contribution in [2.24, 2.45) is 0 Å². The summed E-state index contributed by atoms with van der Waals surface area (Å²) >= 11 is 0. The van der Waals surface area contributed by atoms with Crippen LogP contribution in [0.1, 0.15) is 0 Å². The summed E-state index contributed by atoms with van der Waals surface area (Å²) in [7, 11) is 0. The molecule has 10 heavy (non-hydrogen) atoms. The zero-order chi connectivity index (χ0) is 0. The number of hydrogen-bond donors (Lipinski definition) is 0. The van der Waals surface area contributed by atoms with Gasteiger partial charge in [-0.15, -0.1) is 0 Å². The molecule has 0 bridgehead atoms. The molecule has 0 fully saturated rings. The molecule has 9 nitrogen and oxygen atoms in total. The molecule has 0 atom stereocenters. The molecule has 0 amide bonds. The van der Waals surface area contributed by atoms with Crippen LogP contribution in [0.25, 0.3) is 0 Å². The summed E-state index contributed by atoms with van der Waals surface area (Å²) in [5.41, 5.74) is 0. The molecule has 0 unspecified atom stereocenters. The van der Waals surface area contributed by atoms with E-state index in [-0.39, 0.29) is 89.2 Å². The summed E-state index contributed by atoms with van der Waals surface area (Å²) in [6, 6.07) is 0. The fraction of sp³-hybridized carbons (Fsp3) is 0. The third-order valence-corrected chi connectivity index (χ3v) is 0. The first-order valence-electron chi connectivity index (χ1n) is 0. The molecule has 0 spiro atoms. The minimum Gasteiger partial charge on any atom is -0.412 e. The number of hydrogen-bond acceptors (Lipinski definition) is 0. The molecule has 0 aliphatic heterocycles. The maximum Gasteiger partial charge on any atom is 4.00 e. The van der Waals surface area contributed by atoms with Gasteiger partial charge in [-0.25, -0.2) is 0 Å². The Morgan fingerprint density at radius 3 is 0.200 bits per heavy atom. The Morgan fingerprint density at radius 1 is 0.200 bits per heavy atom. The second kappa shape index (κ2) is 861. The molecule has 0 aliphatic carbocycles. The van der Waals surface area contributed by atoms with Gasteiger partial charge in [0.2, 0.25) is 0 Å². The summed E-state index contributed by atoms with van der Waals surface area (Å²) in [6.07, 6.45) is 0. The molecule has 0 aromatic heterocycles. The molecule has 18 N–H and O–H groups in total. The molecule has 0 heterocycles.